The molecule has 0 aliphatic carbocycles. The highest BCUT2D eigenvalue weighted by Gasteiger charge is 2.24. The minimum atomic E-state index is 0.255. The summed E-state index contributed by atoms with van der Waals surface area (Å²) >= 11 is 0. The SMILES string of the molecule is CCC(C)(C)/C=C(\C)C(C)(C)CCN(CCCN(C)C)CCC(C)/C(C)=C/C(C)C. The van der Waals surface area contributed by atoms with Crippen molar-refractivity contribution in [2.75, 3.05) is 40.3 Å². The molecule has 0 heterocycles. The molecule has 0 rings (SSSR count). The lowest BCUT2D eigenvalue weighted by Crippen LogP contribution is -2.33. The van der Waals surface area contributed by atoms with Crippen LogP contribution < -0.4 is 0 Å². The fraction of sp³-hybridized carbons (Fsp3) is 0.857. The number of hydrogen-bond donors (Lipinski definition) is 0. The summed E-state index contributed by atoms with van der Waals surface area (Å²) < 4.78 is 0. The van der Waals surface area contributed by atoms with Gasteiger partial charge in [0, 0.05) is 0 Å². The summed E-state index contributed by atoms with van der Waals surface area (Å²) in [6, 6.07) is 0. The highest BCUT2D eigenvalue weighted by molar-refractivity contribution is 5.13. The van der Waals surface area contributed by atoms with Crippen LogP contribution in [0.4, 0.5) is 0 Å². The molecule has 0 spiro atoms. The molecule has 0 saturated carbocycles. The quantitative estimate of drug-likeness (QED) is 0.251. The molecule has 0 aliphatic rings. The van der Waals surface area contributed by atoms with Crippen LogP contribution in [0.5, 0.6) is 0 Å². The Morgan fingerprint density at radius 1 is 0.900 bits per heavy atom. The third kappa shape index (κ3) is 13.0. The molecular formula is C28H56N2. The number of hydrogen-bond acceptors (Lipinski definition) is 2. The van der Waals surface area contributed by atoms with Crippen molar-refractivity contribution < 1.29 is 0 Å². The summed E-state index contributed by atoms with van der Waals surface area (Å²) in [6.07, 6.45) is 9.89. The predicted molar refractivity (Wildman–Crippen MR) is 138 cm³/mol. The van der Waals surface area contributed by atoms with Crippen molar-refractivity contribution in [2.45, 2.75) is 94.9 Å². The molecule has 178 valence electrons. The molecule has 0 fully saturated rings. The number of allylic oxidation sites excluding steroid dienone is 4. The van der Waals surface area contributed by atoms with Gasteiger partial charge in [-0.05, 0) is 102 Å². The fourth-order valence-corrected chi connectivity index (χ4v) is 3.76. The zero-order valence-corrected chi connectivity index (χ0v) is 22.9. The van der Waals surface area contributed by atoms with E-state index in [1.807, 2.05) is 0 Å². The van der Waals surface area contributed by atoms with Gasteiger partial charge >= 0.3 is 0 Å². The molecule has 0 N–H and O–H groups in total. The van der Waals surface area contributed by atoms with E-state index in [-0.39, 0.29) is 5.41 Å². The first kappa shape index (κ1) is 29.4. The Kier molecular flexibility index (Phi) is 13.5. The molecule has 0 bridgehead atoms. The third-order valence-electron chi connectivity index (χ3n) is 6.97. The van der Waals surface area contributed by atoms with Gasteiger partial charge in [0.05, 0.1) is 0 Å². The number of nitrogens with zero attached hydrogens (tertiary/aromatic N) is 2. The molecule has 0 aliphatic heterocycles. The second-order valence-corrected chi connectivity index (χ2v) is 11.6. The van der Waals surface area contributed by atoms with E-state index in [9.17, 15) is 0 Å². The van der Waals surface area contributed by atoms with E-state index in [0.717, 1.165) is 0 Å². The van der Waals surface area contributed by atoms with Gasteiger partial charge in [-0.1, -0.05) is 78.7 Å². The third-order valence-corrected chi connectivity index (χ3v) is 6.97. The summed E-state index contributed by atoms with van der Waals surface area (Å²) in [6.45, 7) is 28.3. The van der Waals surface area contributed by atoms with Crippen LogP contribution in [0, 0.1) is 22.7 Å². The normalized spacial score (nSPS) is 15.6. The van der Waals surface area contributed by atoms with Crippen molar-refractivity contribution in [3.63, 3.8) is 0 Å². The van der Waals surface area contributed by atoms with Crippen LogP contribution in [0.1, 0.15) is 94.9 Å². The molecule has 0 aromatic heterocycles. The van der Waals surface area contributed by atoms with Crippen molar-refractivity contribution in [1.29, 1.82) is 0 Å². The van der Waals surface area contributed by atoms with Crippen LogP contribution in [-0.2, 0) is 0 Å². The van der Waals surface area contributed by atoms with Crippen molar-refractivity contribution >= 4 is 0 Å². The van der Waals surface area contributed by atoms with Crippen LogP contribution in [0.15, 0.2) is 23.3 Å². The largest absolute Gasteiger partial charge is 0.309 e. The van der Waals surface area contributed by atoms with Crippen LogP contribution in [0.25, 0.3) is 0 Å². The predicted octanol–water partition coefficient (Wildman–Crippen LogP) is 7.67. The highest BCUT2D eigenvalue weighted by atomic mass is 15.1. The zero-order chi connectivity index (χ0) is 23.5. The molecule has 30 heavy (non-hydrogen) atoms. The van der Waals surface area contributed by atoms with Crippen LogP contribution in [-0.4, -0.2) is 50.1 Å². The summed E-state index contributed by atoms with van der Waals surface area (Å²) in [4.78, 5) is 5.03. The highest BCUT2D eigenvalue weighted by Crippen LogP contribution is 2.35. The standard InChI is InChI=1S/C28H56N2/c1-13-27(7,8)22-26(6)28(9,10)16-20-30(18-14-17-29(11)12)19-15-24(4)25(5)21-23(2)3/h21-24H,13-20H2,1-12H3/b25-21+,26-22+. The topological polar surface area (TPSA) is 6.48 Å². The Morgan fingerprint density at radius 3 is 2.00 bits per heavy atom. The molecule has 2 nitrogen and oxygen atoms in total. The second kappa shape index (κ2) is 13.7. The van der Waals surface area contributed by atoms with Gasteiger partial charge < -0.3 is 9.80 Å². The Bertz CT molecular complexity index is 523. The van der Waals surface area contributed by atoms with E-state index in [2.05, 4.69) is 105 Å². The Hall–Kier alpha value is -0.600. The first-order chi connectivity index (χ1) is 13.7. The summed E-state index contributed by atoms with van der Waals surface area (Å²) in [5.41, 5.74) is 3.65. The Labute approximate surface area is 191 Å². The van der Waals surface area contributed by atoms with Gasteiger partial charge in [-0.2, -0.15) is 0 Å². The minimum absolute atomic E-state index is 0.255. The maximum atomic E-state index is 2.72. The van der Waals surface area contributed by atoms with E-state index in [4.69, 9.17) is 0 Å². The lowest BCUT2D eigenvalue weighted by atomic mass is 9.77. The molecule has 0 amide bonds. The first-order valence-electron chi connectivity index (χ1n) is 12.5. The van der Waals surface area contributed by atoms with E-state index < -0.39 is 0 Å². The molecule has 0 saturated heterocycles. The molecular weight excluding hydrogens is 364 g/mol. The molecule has 1 unspecified atom stereocenters. The summed E-state index contributed by atoms with van der Waals surface area (Å²) in [5, 5.41) is 0. The minimum Gasteiger partial charge on any atom is -0.309 e. The van der Waals surface area contributed by atoms with Crippen molar-refractivity contribution in [2.24, 2.45) is 22.7 Å². The first-order valence-corrected chi connectivity index (χ1v) is 12.5. The lowest BCUT2D eigenvalue weighted by molar-refractivity contribution is 0.214. The molecule has 0 aromatic carbocycles. The van der Waals surface area contributed by atoms with Gasteiger partial charge in [0.15, 0.2) is 0 Å². The Balaban J connectivity index is 5.04. The van der Waals surface area contributed by atoms with E-state index in [1.54, 1.807) is 11.1 Å². The zero-order valence-electron chi connectivity index (χ0n) is 22.9. The van der Waals surface area contributed by atoms with Crippen molar-refractivity contribution in [1.82, 2.24) is 9.80 Å². The number of rotatable bonds is 15. The average Bonchev–Trinajstić information content (AvgIpc) is 2.61. The molecule has 0 aromatic rings. The van der Waals surface area contributed by atoms with E-state index in [1.165, 1.54) is 51.9 Å². The summed E-state index contributed by atoms with van der Waals surface area (Å²) in [5.74, 6) is 1.32. The molecule has 0 radical (unpaired) electrons. The van der Waals surface area contributed by atoms with Gasteiger partial charge in [0.1, 0.15) is 0 Å². The second-order valence-electron chi connectivity index (χ2n) is 11.6. The van der Waals surface area contributed by atoms with Gasteiger partial charge in [0.25, 0.3) is 0 Å². The van der Waals surface area contributed by atoms with Gasteiger partial charge in [-0.3, -0.25) is 0 Å². The van der Waals surface area contributed by atoms with E-state index in [0.29, 0.717) is 17.3 Å². The van der Waals surface area contributed by atoms with Crippen molar-refractivity contribution in [3.05, 3.63) is 23.3 Å². The molecule has 1 atom stereocenters. The summed E-state index contributed by atoms with van der Waals surface area (Å²) in [7, 11) is 4.36. The van der Waals surface area contributed by atoms with Crippen LogP contribution in [0.2, 0.25) is 0 Å². The maximum absolute atomic E-state index is 2.72. The lowest BCUT2D eigenvalue weighted by Gasteiger charge is -2.33. The smallest absolute Gasteiger partial charge is 0.000654 e. The van der Waals surface area contributed by atoms with Crippen LogP contribution >= 0.6 is 0 Å². The van der Waals surface area contributed by atoms with Gasteiger partial charge in [-0.25, -0.2) is 0 Å². The molecule has 2 heteroatoms. The van der Waals surface area contributed by atoms with Gasteiger partial charge in [-0.15, -0.1) is 0 Å². The Morgan fingerprint density at radius 2 is 1.50 bits per heavy atom. The van der Waals surface area contributed by atoms with Gasteiger partial charge in [0.2, 0.25) is 0 Å². The van der Waals surface area contributed by atoms with Crippen molar-refractivity contribution in [3.8, 4) is 0 Å². The fourth-order valence-electron chi connectivity index (χ4n) is 3.76. The van der Waals surface area contributed by atoms with Crippen LogP contribution in [0.3, 0.4) is 0 Å². The average molecular weight is 421 g/mol. The monoisotopic (exact) mass is 420 g/mol. The van der Waals surface area contributed by atoms with E-state index >= 15 is 0 Å². The maximum Gasteiger partial charge on any atom is -0.000654 e.